The predicted octanol–water partition coefficient (Wildman–Crippen LogP) is 6.89. The van der Waals surface area contributed by atoms with Gasteiger partial charge in [-0.15, -0.1) is 0 Å². The molecule has 1 heterocycles. The van der Waals surface area contributed by atoms with E-state index in [-0.39, 0.29) is 29.8 Å². The Morgan fingerprint density at radius 3 is 2.42 bits per heavy atom. The summed E-state index contributed by atoms with van der Waals surface area (Å²) in [6, 6.07) is 10.2. The molecule has 7 rings (SSSR count). The van der Waals surface area contributed by atoms with E-state index in [0.29, 0.717) is 50.8 Å². The molecule has 0 spiro atoms. The van der Waals surface area contributed by atoms with Crippen LogP contribution < -0.4 is 10.1 Å². The first kappa shape index (κ1) is 27.1. The lowest BCUT2D eigenvalue weighted by Gasteiger charge is -2.51. The Kier molecular flexibility index (Phi) is 7.50. The smallest absolute Gasteiger partial charge is 0.337 e. The van der Waals surface area contributed by atoms with Crippen LogP contribution in [0.15, 0.2) is 40.9 Å². The molecule has 1 N–H and O–H groups in total. The van der Waals surface area contributed by atoms with Gasteiger partial charge < -0.3 is 24.1 Å². The zero-order valence-electron chi connectivity index (χ0n) is 22.2. The molecule has 1 amide bonds. The van der Waals surface area contributed by atoms with Crippen molar-refractivity contribution in [2.45, 2.75) is 50.7 Å². The fourth-order valence-electron chi connectivity index (χ4n) is 6.21. The van der Waals surface area contributed by atoms with Gasteiger partial charge in [0.25, 0.3) is 0 Å². The van der Waals surface area contributed by atoms with E-state index >= 15 is 0 Å². The quantitative estimate of drug-likeness (QED) is 0.273. The Balaban J connectivity index is 1.12. The summed E-state index contributed by atoms with van der Waals surface area (Å²) in [6.45, 7) is 0.352. The molecule has 1 aromatic heterocycles. The monoisotopic (exact) mass is 584 g/mol. The second kappa shape index (κ2) is 11.1. The van der Waals surface area contributed by atoms with Gasteiger partial charge in [0.1, 0.15) is 17.2 Å². The third-order valence-corrected chi connectivity index (χ3v) is 8.99. The molecule has 40 heavy (non-hydrogen) atoms. The van der Waals surface area contributed by atoms with E-state index in [1.807, 2.05) is 0 Å². The molecule has 8 nitrogen and oxygen atoms in total. The van der Waals surface area contributed by atoms with E-state index in [9.17, 15) is 9.59 Å². The molecule has 3 aromatic rings. The largest absolute Gasteiger partial charge is 0.495 e. The first-order chi connectivity index (χ1) is 19.4. The number of nitrogens with zero attached hydrogens (tertiary/aromatic N) is 1. The average Bonchev–Trinajstić information content (AvgIpc) is 3.71. The van der Waals surface area contributed by atoms with Crippen molar-refractivity contribution in [3.05, 3.63) is 63.3 Å². The number of methoxy groups -OCH3 is 2. The van der Waals surface area contributed by atoms with Crippen LogP contribution in [0.25, 0.3) is 11.3 Å². The van der Waals surface area contributed by atoms with E-state index in [1.54, 1.807) is 36.4 Å². The Morgan fingerprint density at radius 2 is 1.77 bits per heavy atom. The van der Waals surface area contributed by atoms with Crippen molar-refractivity contribution in [1.82, 2.24) is 5.16 Å². The molecule has 2 bridgehead atoms. The fraction of sp³-hybridized carbons (Fsp3) is 0.433. The van der Waals surface area contributed by atoms with Gasteiger partial charge in [0.05, 0.1) is 48.2 Å². The number of ether oxygens (including phenoxy) is 3. The van der Waals surface area contributed by atoms with Crippen LogP contribution in [0, 0.1) is 17.8 Å². The standard InChI is InChI=1S/C30H30Cl2N2O6/c1-37-24-9-8-16(30(36)38-2)13-23(24)33-29(35)25-17-10-18(25)12-19(11-17)39-14-20-27(34-40-28(20)15-6-7-15)26-21(31)4-3-5-22(26)32/h3-5,8-9,13,15,17-19,25H,6-7,10-12,14H2,1-2H3,(H,33,35). The molecule has 0 radical (unpaired) electrons. The second-order valence-electron chi connectivity index (χ2n) is 10.8. The average molecular weight is 585 g/mol. The van der Waals surface area contributed by atoms with E-state index in [0.717, 1.165) is 43.4 Å². The van der Waals surface area contributed by atoms with E-state index < -0.39 is 5.97 Å². The van der Waals surface area contributed by atoms with Gasteiger partial charge in [0, 0.05) is 23.0 Å². The highest BCUT2D eigenvalue weighted by Crippen LogP contribution is 2.52. The lowest BCUT2D eigenvalue weighted by atomic mass is 9.56. The molecular formula is C30H30Cl2N2O6. The number of aromatic nitrogens is 1. The van der Waals surface area contributed by atoms with E-state index in [1.165, 1.54) is 14.2 Å². The minimum Gasteiger partial charge on any atom is -0.495 e. The molecule has 0 saturated heterocycles. The number of fused-ring (bicyclic) bond motifs is 2. The Bertz CT molecular complexity index is 1420. The topological polar surface area (TPSA) is 99.9 Å². The molecule has 4 aliphatic carbocycles. The van der Waals surface area contributed by atoms with Crippen LogP contribution in [-0.2, 0) is 20.9 Å². The van der Waals surface area contributed by atoms with Crippen LogP contribution in [0.3, 0.4) is 0 Å². The summed E-state index contributed by atoms with van der Waals surface area (Å²) in [5.41, 5.74) is 3.01. The number of carbonyl (C=O) groups is 2. The summed E-state index contributed by atoms with van der Waals surface area (Å²) >= 11 is 13.0. The molecule has 2 atom stereocenters. The van der Waals surface area contributed by atoms with Gasteiger partial charge >= 0.3 is 5.97 Å². The molecule has 4 saturated carbocycles. The minimum absolute atomic E-state index is 0.0292. The normalized spacial score (nSPS) is 23.3. The number of amides is 1. The van der Waals surface area contributed by atoms with Crippen molar-refractivity contribution in [3.8, 4) is 17.0 Å². The molecule has 0 aliphatic heterocycles. The van der Waals surface area contributed by atoms with Gasteiger partial charge in [0.2, 0.25) is 5.91 Å². The number of hydrogen-bond donors (Lipinski definition) is 1. The van der Waals surface area contributed by atoms with E-state index in [2.05, 4.69) is 10.5 Å². The summed E-state index contributed by atoms with van der Waals surface area (Å²) in [6.07, 6.45) is 4.74. The van der Waals surface area contributed by atoms with Crippen molar-refractivity contribution in [2.75, 3.05) is 19.5 Å². The van der Waals surface area contributed by atoms with Crippen LogP contribution in [-0.4, -0.2) is 37.4 Å². The number of esters is 1. The molecule has 210 valence electrons. The van der Waals surface area contributed by atoms with Crippen LogP contribution >= 0.6 is 23.2 Å². The molecular weight excluding hydrogens is 555 g/mol. The second-order valence-corrected chi connectivity index (χ2v) is 11.6. The highest BCUT2D eigenvalue weighted by Gasteiger charge is 2.51. The molecule has 2 aromatic carbocycles. The maximum Gasteiger partial charge on any atom is 0.337 e. The van der Waals surface area contributed by atoms with Crippen molar-refractivity contribution in [1.29, 1.82) is 0 Å². The van der Waals surface area contributed by atoms with Gasteiger partial charge in [-0.05, 0) is 74.3 Å². The highest BCUT2D eigenvalue weighted by atomic mass is 35.5. The highest BCUT2D eigenvalue weighted by molar-refractivity contribution is 6.39. The molecule has 4 aliphatic rings. The number of rotatable bonds is 9. The zero-order valence-corrected chi connectivity index (χ0v) is 23.8. The number of nitrogens with one attached hydrogen (secondary N) is 1. The Morgan fingerprint density at radius 1 is 1.05 bits per heavy atom. The SMILES string of the molecule is COC(=O)c1ccc(OC)c(NC(=O)C2C3CC(OCc4c(-c5c(Cl)cccc5Cl)noc4C4CC4)CC2C3)c1. The third-order valence-electron chi connectivity index (χ3n) is 8.36. The van der Waals surface area contributed by atoms with Crippen molar-refractivity contribution >= 4 is 40.8 Å². The summed E-state index contributed by atoms with van der Waals surface area (Å²) < 4.78 is 22.4. The van der Waals surface area contributed by atoms with Crippen LogP contribution in [0.5, 0.6) is 5.75 Å². The predicted molar refractivity (Wildman–Crippen MR) is 150 cm³/mol. The van der Waals surface area contributed by atoms with Gasteiger partial charge in [-0.2, -0.15) is 0 Å². The number of anilines is 1. The number of carbonyl (C=O) groups excluding carboxylic acids is 2. The lowest BCUT2D eigenvalue weighted by molar-refractivity contribution is -0.142. The van der Waals surface area contributed by atoms with Crippen LogP contribution in [0.4, 0.5) is 5.69 Å². The Hall–Kier alpha value is -3.07. The fourth-order valence-corrected chi connectivity index (χ4v) is 6.79. The van der Waals surface area contributed by atoms with Gasteiger partial charge in [-0.1, -0.05) is 34.4 Å². The van der Waals surface area contributed by atoms with Gasteiger partial charge in [0.15, 0.2) is 0 Å². The maximum absolute atomic E-state index is 13.3. The Labute approximate surface area is 242 Å². The van der Waals surface area contributed by atoms with Crippen LogP contribution in [0.2, 0.25) is 10.0 Å². The first-order valence-electron chi connectivity index (χ1n) is 13.5. The molecule has 2 unspecified atom stereocenters. The number of benzene rings is 2. The number of hydrogen-bond acceptors (Lipinski definition) is 7. The summed E-state index contributed by atoms with van der Waals surface area (Å²) in [7, 11) is 2.85. The van der Waals surface area contributed by atoms with Gasteiger partial charge in [-0.25, -0.2) is 4.79 Å². The summed E-state index contributed by atoms with van der Waals surface area (Å²) in [5.74, 6) is 1.49. The van der Waals surface area contributed by atoms with Crippen molar-refractivity contribution in [2.24, 2.45) is 17.8 Å². The summed E-state index contributed by atoms with van der Waals surface area (Å²) in [4.78, 5) is 25.3. The number of halogens is 2. The van der Waals surface area contributed by atoms with Crippen LogP contribution in [0.1, 0.15) is 59.7 Å². The van der Waals surface area contributed by atoms with Crippen molar-refractivity contribution < 1.29 is 28.3 Å². The van der Waals surface area contributed by atoms with Crippen molar-refractivity contribution in [3.63, 3.8) is 0 Å². The van der Waals surface area contributed by atoms with E-state index in [4.69, 9.17) is 41.9 Å². The minimum atomic E-state index is -0.476. The molecule has 4 fully saturated rings. The molecule has 10 heteroatoms. The lowest BCUT2D eigenvalue weighted by Crippen LogP contribution is -2.51. The maximum atomic E-state index is 13.3. The zero-order chi connectivity index (χ0) is 28.0. The third kappa shape index (κ3) is 5.08. The summed E-state index contributed by atoms with van der Waals surface area (Å²) in [5, 5.41) is 8.38. The first-order valence-corrected chi connectivity index (χ1v) is 14.2. The van der Waals surface area contributed by atoms with Gasteiger partial charge in [-0.3, -0.25) is 4.79 Å².